The predicted molar refractivity (Wildman–Crippen MR) is 108 cm³/mol. The van der Waals surface area contributed by atoms with Crippen molar-refractivity contribution in [3.05, 3.63) is 53.1 Å². The van der Waals surface area contributed by atoms with E-state index in [9.17, 15) is 4.79 Å². The van der Waals surface area contributed by atoms with Gasteiger partial charge in [0.25, 0.3) is 5.91 Å². The molecular weight excluding hydrogens is 370 g/mol. The Labute approximate surface area is 161 Å². The number of halogens is 1. The second-order valence-corrected chi connectivity index (χ2v) is 7.54. The number of hydrogen-bond donors (Lipinski definition) is 0. The van der Waals surface area contributed by atoms with E-state index in [-0.39, 0.29) is 5.91 Å². The molecule has 0 bridgehead atoms. The molecule has 2 aromatic carbocycles. The van der Waals surface area contributed by atoms with Gasteiger partial charge in [-0.15, -0.1) is 0 Å². The van der Waals surface area contributed by atoms with Gasteiger partial charge in [-0.25, -0.2) is 4.98 Å². The molecule has 0 aliphatic heterocycles. The van der Waals surface area contributed by atoms with Gasteiger partial charge >= 0.3 is 0 Å². The summed E-state index contributed by atoms with van der Waals surface area (Å²) in [6.07, 6.45) is 0. The number of thiazole rings is 1. The van der Waals surface area contributed by atoms with E-state index >= 15 is 0 Å². The fraction of sp³-hybridized carbons (Fsp3) is 0.263. The van der Waals surface area contributed by atoms with E-state index in [2.05, 4.69) is 4.98 Å². The summed E-state index contributed by atoms with van der Waals surface area (Å²) < 4.78 is 6.28. The molecule has 0 saturated heterocycles. The van der Waals surface area contributed by atoms with Gasteiger partial charge < -0.3 is 9.64 Å². The Kier molecular flexibility index (Phi) is 5.76. The lowest BCUT2D eigenvalue weighted by Crippen LogP contribution is -2.36. The lowest BCUT2D eigenvalue weighted by atomic mass is 10.2. The first-order valence-electron chi connectivity index (χ1n) is 8.14. The highest BCUT2D eigenvalue weighted by atomic mass is 35.5. The Balaban J connectivity index is 1.97. The third kappa shape index (κ3) is 4.15. The molecule has 0 aliphatic rings. The largest absolute Gasteiger partial charge is 0.497 e. The van der Waals surface area contributed by atoms with Crippen LogP contribution in [0.4, 0.5) is 5.13 Å². The Hall–Kier alpha value is -2.15. The fourth-order valence-electron chi connectivity index (χ4n) is 2.47. The van der Waals surface area contributed by atoms with Crippen LogP contribution >= 0.6 is 22.9 Å². The number of aromatic nitrogens is 1. The first kappa shape index (κ1) is 18.6. The Morgan fingerprint density at radius 2 is 1.88 bits per heavy atom. The maximum absolute atomic E-state index is 13.1. The molecule has 1 amide bonds. The summed E-state index contributed by atoms with van der Waals surface area (Å²) in [5.41, 5.74) is 1.41. The number of ether oxygens (including phenoxy) is 1. The minimum absolute atomic E-state index is 0.0884. The van der Waals surface area contributed by atoms with E-state index in [0.717, 1.165) is 22.5 Å². The Morgan fingerprint density at radius 3 is 2.54 bits per heavy atom. The van der Waals surface area contributed by atoms with Gasteiger partial charge in [-0.2, -0.15) is 0 Å². The van der Waals surface area contributed by atoms with Crippen LogP contribution in [0.25, 0.3) is 10.2 Å². The zero-order chi connectivity index (χ0) is 18.7. The first-order valence-corrected chi connectivity index (χ1v) is 9.34. The minimum Gasteiger partial charge on any atom is -0.497 e. The molecule has 0 fully saturated rings. The first-order chi connectivity index (χ1) is 12.5. The SMILES string of the molecule is COc1ccc2sc(N(CCN(C)C)C(=O)c3ccc(Cl)cc3)nc2c1. The summed E-state index contributed by atoms with van der Waals surface area (Å²) in [4.78, 5) is 21.5. The molecular formula is C19H20ClN3O2S. The summed E-state index contributed by atoms with van der Waals surface area (Å²) in [7, 11) is 5.59. The molecule has 0 atom stereocenters. The lowest BCUT2D eigenvalue weighted by molar-refractivity contribution is 0.0985. The summed E-state index contributed by atoms with van der Waals surface area (Å²) in [6.45, 7) is 1.28. The van der Waals surface area contributed by atoms with Crippen LogP contribution in [0, 0.1) is 0 Å². The van der Waals surface area contributed by atoms with Crippen LogP contribution < -0.4 is 9.64 Å². The molecule has 1 aromatic heterocycles. The van der Waals surface area contributed by atoms with E-state index < -0.39 is 0 Å². The molecule has 0 saturated carbocycles. The minimum atomic E-state index is -0.0884. The molecule has 26 heavy (non-hydrogen) atoms. The van der Waals surface area contributed by atoms with Gasteiger partial charge in [-0.05, 0) is 50.5 Å². The highest BCUT2D eigenvalue weighted by molar-refractivity contribution is 7.22. The smallest absolute Gasteiger partial charge is 0.260 e. The van der Waals surface area contributed by atoms with Gasteiger partial charge in [0, 0.05) is 29.7 Å². The van der Waals surface area contributed by atoms with Crippen molar-refractivity contribution < 1.29 is 9.53 Å². The van der Waals surface area contributed by atoms with Crippen molar-refractivity contribution in [2.45, 2.75) is 0 Å². The van der Waals surface area contributed by atoms with Gasteiger partial charge in [0.15, 0.2) is 5.13 Å². The highest BCUT2D eigenvalue weighted by Gasteiger charge is 2.21. The number of amides is 1. The number of carbonyl (C=O) groups excluding carboxylic acids is 1. The molecule has 0 radical (unpaired) electrons. The van der Waals surface area contributed by atoms with Gasteiger partial charge in [0.05, 0.1) is 17.3 Å². The van der Waals surface area contributed by atoms with E-state index in [1.165, 1.54) is 11.3 Å². The number of likely N-dealkylation sites (N-methyl/N-ethyl adjacent to an activating group) is 1. The van der Waals surface area contributed by atoms with E-state index in [1.54, 1.807) is 36.3 Å². The van der Waals surface area contributed by atoms with Crippen LogP contribution in [0.2, 0.25) is 5.02 Å². The van der Waals surface area contributed by atoms with Crippen molar-refractivity contribution in [2.24, 2.45) is 0 Å². The van der Waals surface area contributed by atoms with Crippen molar-refractivity contribution in [3.63, 3.8) is 0 Å². The Bertz CT molecular complexity index is 909. The van der Waals surface area contributed by atoms with E-state index in [4.69, 9.17) is 16.3 Å². The number of methoxy groups -OCH3 is 1. The molecule has 7 heteroatoms. The normalized spacial score (nSPS) is 11.1. The Morgan fingerprint density at radius 1 is 1.15 bits per heavy atom. The molecule has 0 N–H and O–H groups in total. The number of hydrogen-bond acceptors (Lipinski definition) is 5. The summed E-state index contributed by atoms with van der Waals surface area (Å²) in [5, 5.41) is 1.28. The van der Waals surface area contributed by atoms with Crippen LogP contribution in [0.5, 0.6) is 5.75 Å². The fourth-order valence-corrected chi connectivity index (χ4v) is 3.57. The molecule has 136 valence electrons. The molecule has 3 rings (SSSR count). The lowest BCUT2D eigenvalue weighted by Gasteiger charge is -2.22. The van der Waals surface area contributed by atoms with E-state index in [1.807, 2.05) is 37.2 Å². The number of rotatable bonds is 6. The number of carbonyl (C=O) groups is 1. The van der Waals surface area contributed by atoms with Crippen molar-refractivity contribution in [1.82, 2.24) is 9.88 Å². The van der Waals surface area contributed by atoms with E-state index in [0.29, 0.717) is 22.3 Å². The number of nitrogens with zero attached hydrogens (tertiary/aromatic N) is 3. The molecule has 0 aliphatic carbocycles. The molecule has 3 aromatic rings. The summed E-state index contributed by atoms with van der Waals surface area (Å²) in [5.74, 6) is 0.660. The van der Waals surface area contributed by atoms with Gasteiger partial charge in [0.1, 0.15) is 5.75 Å². The van der Waals surface area contributed by atoms with Gasteiger partial charge in [-0.3, -0.25) is 9.69 Å². The average molecular weight is 390 g/mol. The molecule has 0 unspecified atom stereocenters. The highest BCUT2D eigenvalue weighted by Crippen LogP contribution is 2.32. The average Bonchev–Trinajstić information content (AvgIpc) is 3.04. The third-order valence-electron chi connectivity index (χ3n) is 3.92. The van der Waals surface area contributed by atoms with Crippen molar-refractivity contribution in [2.75, 3.05) is 39.2 Å². The van der Waals surface area contributed by atoms with Crippen LogP contribution in [-0.4, -0.2) is 50.1 Å². The quantitative estimate of drug-likeness (QED) is 0.634. The van der Waals surface area contributed by atoms with Crippen LogP contribution in [0.1, 0.15) is 10.4 Å². The maximum Gasteiger partial charge on any atom is 0.260 e. The zero-order valence-corrected chi connectivity index (χ0v) is 16.5. The van der Waals surface area contributed by atoms with Crippen molar-refractivity contribution in [3.8, 4) is 5.75 Å². The predicted octanol–water partition coefficient (Wildman–Crippen LogP) is 4.17. The van der Waals surface area contributed by atoms with Crippen LogP contribution in [0.15, 0.2) is 42.5 Å². The van der Waals surface area contributed by atoms with Crippen molar-refractivity contribution in [1.29, 1.82) is 0 Å². The van der Waals surface area contributed by atoms with Gasteiger partial charge in [0.2, 0.25) is 0 Å². The monoisotopic (exact) mass is 389 g/mol. The molecule has 5 nitrogen and oxygen atoms in total. The maximum atomic E-state index is 13.1. The second kappa shape index (κ2) is 8.03. The third-order valence-corrected chi connectivity index (χ3v) is 5.23. The summed E-state index contributed by atoms with van der Waals surface area (Å²) >= 11 is 7.44. The van der Waals surface area contributed by atoms with Crippen LogP contribution in [0.3, 0.4) is 0 Å². The zero-order valence-electron chi connectivity index (χ0n) is 14.9. The number of benzene rings is 2. The van der Waals surface area contributed by atoms with Gasteiger partial charge in [-0.1, -0.05) is 22.9 Å². The number of anilines is 1. The number of fused-ring (bicyclic) bond motifs is 1. The molecule has 0 spiro atoms. The molecule has 1 heterocycles. The standard InChI is InChI=1S/C19H20ClN3O2S/c1-22(2)10-11-23(18(24)13-4-6-14(20)7-5-13)19-21-16-12-15(25-3)8-9-17(16)26-19/h4-9,12H,10-11H2,1-3H3. The topological polar surface area (TPSA) is 45.7 Å². The van der Waals surface area contributed by atoms with Crippen molar-refractivity contribution >= 4 is 44.2 Å². The summed E-state index contributed by atoms with van der Waals surface area (Å²) in [6, 6.07) is 12.7. The second-order valence-electron chi connectivity index (χ2n) is 6.10. The van der Waals surface area contributed by atoms with Crippen LogP contribution in [-0.2, 0) is 0 Å².